The Hall–Kier alpha value is -0.800. The van der Waals surface area contributed by atoms with Gasteiger partial charge >= 0.3 is 0 Å². The van der Waals surface area contributed by atoms with Gasteiger partial charge in [-0.1, -0.05) is 37.3 Å². The van der Waals surface area contributed by atoms with E-state index in [0.717, 1.165) is 17.1 Å². The first kappa shape index (κ1) is 12.7. The quantitative estimate of drug-likeness (QED) is 0.815. The molecule has 1 heterocycles. The highest BCUT2D eigenvalue weighted by atomic mass is 35.5. The number of nitrogens with zero attached hydrogens (tertiary/aromatic N) is 1. The lowest BCUT2D eigenvalue weighted by atomic mass is 10.1. The molecule has 0 saturated heterocycles. The Morgan fingerprint density at radius 2 is 2.12 bits per heavy atom. The van der Waals surface area contributed by atoms with E-state index < -0.39 is 0 Å². The second-order valence-electron chi connectivity index (χ2n) is 4.61. The van der Waals surface area contributed by atoms with Crippen molar-refractivity contribution in [2.75, 3.05) is 11.2 Å². The van der Waals surface area contributed by atoms with Crippen molar-refractivity contribution in [1.82, 2.24) is 4.98 Å². The normalized spacial score (nSPS) is 13.2. The SMILES string of the molecule is CC(C)CC(CCl)Nc1nc2ccccc2s1. The first-order chi connectivity index (χ1) is 8.19. The smallest absolute Gasteiger partial charge is 0.184 e. The summed E-state index contributed by atoms with van der Waals surface area (Å²) in [5.74, 6) is 1.26. The fourth-order valence-corrected chi connectivity index (χ4v) is 2.98. The maximum atomic E-state index is 5.97. The second kappa shape index (κ2) is 5.69. The van der Waals surface area contributed by atoms with Crippen LogP contribution in [0.2, 0.25) is 0 Å². The number of hydrogen-bond donors (Lipinski definition) is 1. The van der Waals surface area contributed by atoms with Gasteiger partial charge in [0.15, 0.2) is 5.13 Å². The van der Waals surface area contributed by atoms with E-state index in [1.54, 1.807) is 11.3 Å². The summed E-state index contributed by atoms with van der Waals surface area (Å²) in [6.45, 7) is 4.42. The minimum absolute atomic E-state index is 0.303. The van der Waals surface area contributed by atoms with Gasteiger partial charge in [0, 0.05) is 11.9 Å². The summed E-state index contributed by atoms with van der Waals surface area (Å²) < 4.78 is 1.22. The molecule has 0 radical (unpaired) electrons. The molecule has 0 aliphatic heterocycles. The Labute approximate surface area is 111 Å². The van der Waals surface area contributed by atoms with Gasteiger partial charge in [-0.25, -0.2) is 4.98 Å². The maximum Gasteiger partial charge on any atom is 0.184 e. The lowest BCUT2D eigenvalue weighted by Crippen LogP contribution is -2.23. The monoisotopic (exact) mass is 268 g/mol. The van der Waals surface area contributed by atoms with Crippen molar-refractivity contribution in [1.29, 1.82) is 0 Å². The fraction of sp³-hybridized carbons (Fsp3) is 0.462. The second-order valence-corrected chi connectivity index (χ2v) is 5.95. The Bertz CT molecular complexity index is 448. The number of anilines is 1. The van der Waals surface area contributed by atoms with Crippen molar-refractivity contribution >= 4 is 38.3 Å². The summed E-state index contributed by atoms with van der Waals surface area (Å²) in [7, 11) is 0. The van der Waals surface area contributed by atoms with Gasteiger partial charge in [0.2, 0.25) is 0 Å². The van der Waals surface area contributed by atoms with Gasteiger partial charge in [-0.2, -0.15) is 0 Å². The molecule has 1 unspecified atom stereocenters. The topological polar surface area (TPSA) is 24.9 Å². The van der Waals surface area contributed by atoms with Crippen LogP contribution in [0.25, 0.3) is 10.2 Å². The highest BCUT2D eigenvalue weighted by molar-refractivity contribution is 7.22. The fourth-order valence-electron chi connectivity index (χ4n) is 1.84. The zero-order valence-electron chi connectivity index (χ0n) is 10.1. The number of benzene rings is 1. The van der Waals surface area contributed by atoms with Crippen molar-refractivity contribution in [2.24, 2.45) is 5.92 Å². The van der Waals surface area contributed by atoms with E-state index in [9.17, 15) is 0 Å². The lowest BCUT2D eigenvalue weighted by Gasteiger charge is -2.17. The van der Waals surface area contributed by atoms with E-state index in [1.165, 1.54) is 4.70 Å². The molecule has 1 aromatic carbocycles. The molecule has 0 fully saturated rings. The van der Waals surface area contributed by atoms with E-state index in [4.69, 9.17) is 11.6 Å². The largest absolute Gasteiger partial charge is 0.358 e. The van der Waals surface area contributed by atoms with E-state index in [0.29, 0.717) is 17.8 Å². The standard InChI is InChI=1S/C13H17ClN2S/c1-9(2)7-10(8-14)15-13-16-11-5-3-4-6-12(11)17-13/h3-6,9-10H,7-8H2,1-2H3,(H,15,16). The Kier molecular flexibility index (Phi) is 4.24. The number of hydrogen-bond acceptors (Lipinski definition) is 3. The molecule has 2 rings (SSSR count). The number of fused-ring (bicyclic) bond motifs is 1. The van der Waals surface area contributed by atoms with Crippen LogP contribution in [-0.2, 0) is 0 Å². The first-order valence-electron chi connectivity index (χ1n) is 5.87. The van der Waals surface area contributed by atoms with Crippen LogP contribution in [0.3, 0.4) is 0 Å². The molecule has 0 amide bonds. The molecular weight excluding hydrogens is 252 g/mol. The van der Waals surface area contributed by atoms with Crippen molar-refractivity contribution in [3.05, 3.63) is 24.3 Å². The van der Waals surface area contributed by atoms with Crippen LogP contribution >= 0.6 is 22.9 Å². The summed E-state index contributed by atoms with van der Waals surface area (Å²) in [4.78, 5) is 4.56. The zero-order chi connectivity index (χ0) is 12.3. The van der Waals surface area contributed by atoms with Crippen LogP contribution in [0.4, 0.5) is 5.13 Å². The molecule has 2 nitrogen and oxygen atoms in total. The number of aromatic nitrogens is 1. The Morgan fingerprint density at radius 3 is 2.76 bits per heavy atom. The van der Waals surface area contributed by atoms with Crippen LogP contribution in [-0.4, -0.2) is 16.9 Å². The van der Waals surface area contributed by atoms with E-state index in [2.05, 4.69) is 30.2 Å². The van der Waals surface area contributed by atoms with Crippen LogP contribution in [0, 0.1) is 5.92 Å². The van der Waals surface area contributed by atoms with Crippen molar-refractivity contribution in [3.8, 4) is 0 Å². The van der Waals surface area contributed by atoms with Crippen molar-refractivity contribution in [2.45, 2.75) is 26.3 Å². The molecule has 0 aliphatic carbocycles. The number of halogens is 1. The average molecular weight is 269 g/mol. The molecule has 0 spiro atoms. The lowest BCUT2D eigenvalue weighted by molar-refractivity contribution is 0.542. The third-order valence-electron chi connectivity index (χ3n) is 2.56. The summed E-state index contributed by atoms with van der Waals surface area (Å²) in [5, 5.41) is 4.39. The van der Waals surface area contributed by atoms with Crippen molar-refractivity contribution in [3.63, 3.8) is 0 Å². The van der Waals surface area contributed by atoms with Gasteiger partial charge in [-0.15, -0.1) is 11.6 Å². The number of nitrogens with one attached hydrogen (secondary N) is 1. The molecule has 1 N–H and O–H groups in total. The Balaban J connectivity index is 2.11. The van der Waals surface area contributed by atoms with Gasteiger partial charge in [-0.3, -0.25) is 0 Å². The Morgan fingerprint density at radius 1 is 1.35 bits per heavy atom. The highest BCUT2D eigenvalue weighted by Crippen LogP contribution is 2.26. The molecule has 17 heavy (non-hydrogen) atoms. The predicted octanol–water partition coefficient (Wildman–Crippen LogP) is 4.36. The first-order valence-corrected chi connectivity index (χ1v) is 7.22. The van der Waals surface area contributed by atoms with Gasteiger partial charge in [0.1, 0.15) is 0 Å². The van der Waals surface area contributed by atoms with Crippen molar-refractivity contribution < 1.29 is 0 Å². The zero-order valence-corrected chi connectivity index (χ0v) is 11.7. The van der Waals surface area contributed by atoms with Crippen LogP contribution in [0.5, 0.6) is 0 Å². The van der Waals surface area contributed by atoms with Crippen LogP contribution in [0.15, 0.2) is 24.3 Å². The van der Waals surface area contributed by atoms with Gasteiger partial charge in [0.25, 0.3) is 0 Å². The molecule has 1 aromatic heterocycles. The molecule has 1 atom stereocenters. The number of rotatable bonds is 5. The van der Waals surface area contributed by atoms with Crippen LogP contribution in [0.1, 0.15) is 20.3 Å². The van der Waals surface area contributed by atoms with Crippen LogP contribution < -0.4 is 5.32 Å². The third kappa shape index (κ3) is 3.33. The van der Waals surface area contributed by atoms with E-state index in [1.807, 2.05) is 18.2 Å². The van der Waals surface area contributed by atoms with Gasteiger partial charge in [0.05, 0.1) is 10.2 Å². The minimum atomic E-state index is 0.303. The predicted molar refractivity (Wildman–Crippen MR) is 77.2 cm³/mol. The molecule has 92 valence electrons. The summed E-state index contributed by atoms with van der Waals surface area (Å²) >= 11 is 7.66. The third-order valence-corrected chi connectivity index (χ3v) is 3.90. The molecule has 0 bridgehead atoms. The average Bonchev–Trinajstić information content (AvgIpc) is 2.69. The summed E-state index contributed by atoms with van der Waals surface area (Å²) in [5.41, 5.74) is 1.05. The molecule has 0 saturated carbocycles. The summed E-state index contributed by atoms with van der Waals surface area (Å²) in [6.07, 6.45) is 1.07. The molecule has 4 heteroatoms. The number of alkyl halides is 1. The van der Waals surface area contributed by atoms with Gasteiger partial charge < -0.3 is 5.32 Å². The van der Waals surface area contributed by atoms with E-state index >= 15 is 0 Å². The van der Waals surface area contributed by atoms with E-state index in [-0.39, 0.29) is 0 Å². The highest BCUT2D eigenvalue weighted by Gasteiger charge is 2.11. The maximum absolute atomic E-state index is 5.97. The number of thiazole rings is 1. The van der Waals surface area contributed by atoms with Gasteiger partial charge in [-0.05, 0) is 24.5 Å². The minimum Gasteiger partial charge on any atom is -0.358 e. The molecule has 0 aliphatic rings. The summed E-state index contributed by atoms with van der Waals surface area (Å²) in [6, 6.07) is 8.49. The number of para-hydroxylation sites is 1. The molecular formula is C13H17ClN2S. The molecule has 2 aromatic rings.